The summed E-state index contributed by atoms with van der Waals surface area (Å²) >= 11 is 13.6. The Morgan fingerprint density at radius 2 is 1.97 bits per heavy atom. The van der Waals surface area contributed by atoms with Crippen molar-refractivity contribution in [1.82, 2.24) is 25.5 Å². The molecule has 1 N–H and O–H groups in total. The van der Waals surface area contributed by atoms with Gasteiger partial charge in [-0.3, -0.25) is 4.79 Å². The van der Waals surface area contributed by atoms with Gasteiger partial charge in [0.1, 0.15) is 6.54 Å². The number of halogens is 2. The normalized spacial score (nSPS) is 15.3. The van der Waals surface area contributed by atoms with Crippen LogP contribution < -0.4 is 5.32 Å². The molecular formula is C21H27Cl2N5O3S. The van der Waals surface area contributed by atoms with E-state index >= 15 is 0 Å². The molecule has 1 saturated carbocycles. The molecule has 1 unspecified atom stereocenters. The number of carbonyl (C=O) groups excluding carboxylic acids is 2. The molecule has 32 heavy (non-hydrogen) atoms. The lowest BCUT2D eigenvalue weighted by Crippen LogP contribution is -2.42. The van der Waals surface area contributed by atoms with Gasteiger partial charge in [-0.15, -0.1) is 5.10 Å². The molecule has 2 aromatic rings. The number of benzene rings is 1. The third-order valence-corrected chi connectivity index (χ3v) is 7.46. The second-order valence-electron chi connectivity index (χ2n) is 7.77. The van der Waals surface area contributed by atoms with Gasteiger partial charge in [-0.2, -0.15) is 0 Å². The van der Waals surface area contributed by atoms with Crippen LogP contribution in [0.4, 0.5) is 4.79 Å². The number of nitrogens with one attached hydrogen (secondary N) is 1. The minimum Gasteiger partial charge on any atom is -0.450 e. The Hall–Kier alpha value is -1.84. The largest absolute Gasteiger partial charge is 0.450 e. The first-order chi connectivity index (χ1) is 15.5. The highest BCUT2D eigenvalue weighted by molar-refractivity contribution is 7.99. The van der Waals surface area contributed by atoms with Gasteiger partial charge in [-0.25, -0.2) is 9.48 Å². The van der Waals surface area contributed by atoms with Gasteiger partial charge >= 0.3 is 6.09 Å². The van der Waals surface area contributed by atoms with Crippen molar-refractivity contribution in [1.29, 1.82) is 0 Å². The third-order valence-electron chi connectivity index (χ3n) is 5.49. The summed E-state index contributed by atoms with van der Waals surface area (Å²) in [5, 5.41) is 15.5. The number of hydrogen-bond acceptors (Lipinski definition) is 7. The maximum atomic E-state index is 12.8. The van der Waals surface area contributed by atoms with E-state index < -0.39 is 12.1 Å². The molecule has 1 fully saturated rings. The van der Waals surface area contributed by atoms with Gasteiger partial charge in [0.2, 0.25) is 5.16 Å². The third kappa shape index (κ3) is 7.08. The number of tetrazole rings is 1. The van der Waals surface area contributed by atoms with Gasteiger partial charge in [0.05, 0.1) is 27.6 Å². The lowest BCUT2D eigenvalue weighted by Gasteiger charge is -2.21. The number of Topliss-reactive ketones (excluding diaryl/α,β-unsaturated/α-hetero) is 1. The molecule has 0 aliphatic heterocycles. The number of ether oxygens (including phenoxy) is 1. The Bertz CT molecular complexity index is 900. The molecule has 174 valence electrons. The molecule has 8 nitrogen and oxygen atoms in total. The van der Waals surface area contributed by atoms with E-state index in [-0.39, 0.29) is 12.3 Å². The number of rotatable bonds is 10. The average molecular weight is 500 g/mol. The molecule has 3 rings (SSSR count). The number of hydrogen-bond donors (Lipinski definition) is 1. The van der Waals surface area contributed by atoms with Crippen LogP contribution >= 0.6 is 35.0 Å². The number of nitrogens with zero attached hydrogens (tertiary/aromatic N) is 4. The molecule has 11 heteroatoms. The van der Waals surface area contributed by atoms with Crippen molar-refractivity contribution in [3.63, 3.8) is 0 Å². The second kappa shape index (κ2) is 12.4. The van der Waals surface area contributed by atoms with Crippen molar-refractivity contribution in [3.05, 3.63) is 28.2 Å². The highest BCUT2D eigenvalue weighted by Gasteiger charge is 2.23. The average Bonchev–Trinajstić information content (AvgIpc) is 3.22. The summed E-state index contributed by atoms with van der Waals surface area (Å²) in [5.41, 5.74) is 0. The van der Waals surface area contributed by atoms with Crippen LogP contribution in [0.15, 0.2) is 28.3 Å². The van der Waals surface area contributed by atoms with Crippen molar-refractivity contribution in [2.24, 2.45) is 5.92 Å². The number of carbonyl (C=O) groups is 2. The zero-order valence-corrected chi connectivity index (χ0v) is 20.3. The van der Waals surface area contributed by atoms with Crippen LogP contribution in [0.25, 0.3) is 0 Å². The number of ketones is 1. The van der Waals surface area contributed by atoms with Crippen molar-refractivity contribution >= 4 is 46.8 Å². The summed E-state index contributed by atoms with van der Waals surface area (Å²) in [6, 6.07) is 4.48. The molecule has 0 bridgehead atoms. The maximum absolute atomic E-state index is 12.8. The van der Waals surface area contributed by atoms with E-state index in [1.165, 1.54) is 48.5 Å². The van der Waals surface area contributed by atoms with Crippen LogP contribution in [-0.2, 0) is 16.1 Å². The van der Waals surface area contributed by atoms with Crippen molar-refractivity contribution in [2.75, 3.05) is 6.61 Å². The lowest BCUT2D eigenvalue weighted by molar-refractivity contribution is -0.122. The Labute approximate surface area is 201 Å². The number of alkyl carbamates (subject to hydrolysis) is 1. The Morgan fingerprint density at radius 3 is 2.66 bits per heavy atom. The van der Waals surface area contributed by atoms with E-state index in [4.69, 9.17) is 27.9 Å². The molecule has 1 aromatic carbocycles. The highest BCUT2D eigenvalue weighted by Crippen LogP contribution is 2.37. The lowest BCUT2D eigenvalue weighted by atomic mass is 9.87. The Morgan fingerprint density at radius 1 is 1.25 bits per heavy atom. The molecule has 1 aromatic heterocycles. The number of aromatic nitrogens is 4. The van der Waals surface area contributed by atoms with Crippen LogP contribution in [0.1, 0.15) is 51.9 Å². The Balaban J connectivity index is 1.51. The molecule has 1 amide bonds. The fraction of sp³-hybridized carbons (Fsp3) is 0.571. The van der Waals surface area contributed by atoms with Crippen molar-refractivity contribution in [2.45, 2.75) is 74.5 Å². The molecule has 0 spiro atoms. The van der Waals surface area contributed by atoms with E-state index in [9.17, 15) is 9.59 Å². The van der Waals surface area contributed by atoms with Crippen LogP contribution in [-0.4, -0.2) is 44.7 Å². The quantitative estimate of drug-likeness (QED) is 0.480. The Kier molecular flexibility index (Phi) is 9.62. The zero-order chi connectivity index (χ0) is 22.9. The van der Waals surface area contributed by atoms with Crippen LogP contribution in [0.2, 0.25) is 10.0 Å². The van der Waals surface area contributed by atoms with Gasteiger partial charge in [-0.1, -0.05) is 68.3 Å². The molecule has 0 saturated heterocycles. The fourth-order valence-corrected chi connectivity index (χ4v) is 5.11. The topological polar surface area (TPSA) is 99.0 Å². The highest BCUT2D eigenvalue weighted by atomic mass is 35.5. The molecule has 1 aliphatic carbocycles. The minimum atomic E-state index is -0.692. The van der Waals surface area contributed by atoms with E-state index in [1.54, 1.807) is 18.2 Å². The van der Waals surface area contributed by atoms with Crippen LogP contribution in [0.3, 0.4) is 0 Å². The fourth-order valence-electron chi connectivity index (χ4n) is 3.69. The maximum Gasteiger partial charge on any atom is 0.407 e. The van der Waals surface area contributed by atoms with Crippen molar-refractivity contribution in [3.8, 4) is 0 Å². The van der Waals surface area contributed by atoms with Crippen LogP contribution in [0.5, 0.6) is 0 Å². The summed E-state index contributed by atoms with van der Waals surface area (Å²) in [7, 11) is 0. The zero-order valence-electron chi connectivity index (χ0n) is 17.9. The van der Waals surface area contributed by atoms with Gasteiger partial charge < -0.3 is 10.1 Å². The minimum absolute atomic E-state index is 0.0989. The van der Waals surface area contributed by atoms with Gasteiger partial charge in [-0.05, 0) is 53.1 Å². The van der Waals surface area contributed by atoms with Crippen LogP contribution in [0, 0.1) is 5.92 Å². The summed E-state index contributed by atoms with van der Waals surface area (Å²) in [4.78, 5) is 25.6. The van der Waals surface area contributed by atoms with Gasteiger partial charge in [0.25, 0.3) is 0 Å². The van der Waals surface area contributed by atoms with Gasteiger partial charge in [0.15, 0.2) is 5.78 Å². The van der Waals surface area contributed by atoms with Crippen molar-refractivity contribution < 1.29 is 14.3 Å². The first kappa shape index (κ1) is 24.8. The summed E-state index contributed by atoms with van der Waals surface area (Å²) in [5.74, 6) is 0.402. The summed E-state index contributed by atoms with van der Waals surface area (Å²) in [6.45, 7) is 2.09. The predicted molar refractivity (Wildman–Crippen MR) is 123 cm³/mol. The SMILES string of the molecule is CCC(NC(=O)OCCC1CCCCC1)C(=O)Cn1nnnc1Sc1c(Cl)cccc1Cl. The number of amides is 1. The summed E-state index contributed by atoms with van der Waals surface area (Å²) in [6.07, 6.45) is 6.93. The standard InChI is InChI=1S/C21H27Cl2N5O3S/c1-2-17(24-21(30)31-12-11-14-7-4-3-5-8-14)18(29)13-28-20(25-26-27-28)32-19-15(22)9-6-10-16(19)23/h6,9-10,14,17H,2-5,7-8,11-13H2,1H3,(H,24,30). The van der Waals surface area contributed by atoms with Gasteiger partial charge in [0, 0.05) is 0 Å². The van der Waals surface area contributed by atoms with E-state index in [0.29, 0.717) is 39.0 Å². The smallest absolute Gasteiger partial charge is 0.407 e. The second-order valence-corrected chi connectivity index (χ2v) is 9.56. The monoisotopic (exact) mass is 499 g/mol. The molecule has 1 atom stereocenters. The summed E-state index contributed by atoms with van der Waals surface area (Å²) < 4.78 is 6.68. The van der Waals surface area contributed by atoms with E-state index in [1.807, 2.05) is 6.92 Å². The molecule has 1 heterocycles. The predicted octanol–water partition coefficient (Wildman–Crippen LogP) is 5.18. The first-order valence-corrected chi connectivity index (χ1v) is 12.4. The molecular weight excluding hydrogens is 473 g/mol. The molecule has 1 aliphatic rings. The van der Waals surface area contributed by atoms with E-state index in [2.05, 4.69) is 20.8 Å². The first-order valence-electron chi connectivity index (χ1n) is 10.8. The van der Waals surface area contributed by atoms with E-state index in [0.717, 1.165) is 6.42 Å². The molecule has 0 radical (unpaired) electrons.